The van der Waals surface area contributed by atoms with Crippen molar-refractivity contribution in [3.05, 3.63) is 65.5 Å². The molecular formula is C21H25FO4. The number of methoxy groups -OCH3 is 1. The van der Waals surface area contributed by atoms with Gasteiger partial charge in [0.05, 0.1) is 7.11 Å². The maximum absolute atomic E-state index is 12.9. The first-order chi connectivity index (χ1) is 12.6. The first kappa shape index (κ1) is 19.9. The van der Waals surface area contributed by atoms with Gasteiger partial charge in [-0.25, -0.2) is 9.18 Å². The molecule has 4 nitrogen and oxygen atoms in total. The van der Waals surface area contributed by atoms with Gasteiger partial charge in [-0.05, 0) is 54.7 Å². The Morgan fingerprint density at radius 2 is 1.65 bits per heavy atom. The fourth-order valence-electron chi connectivity index (χ4n) is 2.60. The maximum Gasteiger partial charge on any atom is 0.334 e. The van der Waals surface area contributed by atoms with E-state index in [2.05, 4.69) is 4.74 Å². The Hall–Kier alpha value is -2.40. The molecule has 2 rings (SSSR count). The third-order valence-corrected chi connectivity index (χ3v) is 4.16. The Bertz CT molecular complexity index is 667. The number of unbranched alkanes of at least 4 members (excludes halogenated alkanes) is 2. The molecule has 0 aliphatic rings. The molecule has 0 fully saturated rings. The van der Waals surface area contributed by atoms with E-state index < -0.39 is 12.1 Å². The van der Waals surface area contributed by atoms with Gasteiger partial charge in [0.1, 0.15) is 18.2 Å². The van der Waals surface area contributed by atoms with E-state index in [-0.39, 0.29) is 5.82 Å². The quantitative estimate of drug-likeness (QED) is 0.513. The van der Waals surface area contributed by atoms with E-state index in [1.807, 2.05) is 24.3 Å². The smallest absolute Gasteiger partial charge is 0.334 e. The Balaban J connectivity index is 1.65. The van der Waals surface area contributed by atoms with Crippen LogP contribution in [-0.2, 0) is 22.6 Å². The van der Waals surface area contributed by atoms with Crippen LogP contribution in [-0.4, -0.2) is 24.3 Å². The molecule has 0 bridgehead atoms. The van der Waals surface area contributed by atoms with E-state index in [1.165, 1.54) is 24.8 Å². The van der Waals surface area contributed by atoms with Crippen LogP contribution in [0.25, 0.3) is 0 Å². The van der Waals surface area contributed by atoms with E-state index in [1.54, 1.807) is 12.1 Å². The fourth-order valence-corrected chi connectivity index (χ4v) is 2.60. The van der Waals surface area contributed by atoms with Crippen LogP contribution in [0.1, 0.15) is 36.8 Å². The van der Waals surface area contributed by atoms with Gasteiger partial charge in [-0.3, -0.25) is 0 Å². The van der Waals surface area contributed by atoms with Crippen LogP contribution in [0.3, 0.4) is 0 Å². The number of esters is 1. The van der Waals surface area contributed by atoms with Gasteiger partial charge in [0.2, 0.25) is 0 Å². The summed E-state index contributed by atoms with van der Waals surface area (Å²) in [5.74, 6) is -0.0431. The molecule has 0 spiro atoms. The summed E-state index contributed by atoms with van der Waals surface area (Å²) in [6.07, 6.45) is 3.07. The topological polar surface area (TPSA) is 55.8 Å². The van der Waals surface area contributed by atoms with Crippen molar-refractivity contribution in [1.29, 1.82) is 0 Å². The molecule has 5 heteroatoms. The van der Waals surface area contributed by atoms with E-state index in [4.69, 9.17) is 4.74 Å². The number of aryl methyl sites for hydroxylation is 1. The summed E-state index contributed by atoms with van der Waals surface area (Å²) in [4.78, 5) is 11.1. The summed E-state index contributed by atoms with van der Waals surface area (Å²) < 4.78 is 23.0. The highest BCUT2D eigenvalue weighted by atomic mass is 19.1. The zero-order chi connectivity index (χ0) is 18.8. The summed E-state index contributed by atoms with van der Waals surface area (Å²) in [5.41, 5.74) is 2.14. The standard InChI is InChI=1S/C21H25FO4/c1-25-21(24)20(23)6-4-2-3-5-16-9-13-19(14-10-16)26-15-17-7-11-18(22)12-8-17/h7-14,20,23H,2-6,15H2,1H3. The molecule has 2 aromatic carbocycles. The van der Waals surface area contributed by atoms with E-state index in [9.17, 15) is 14.3 Å². The van der Waals surface area contributed by atoms with Crippen LogP contribution >= 0.6 is 0 Å². The minimum atomic E-state index is -1.02. The molecule has 0 aromatic heterocycles. The fraction of sp³-hybridized carbons (Fsp3) is 0.381. The minimum absolute atomic E-state index is 0.252. The third-order valence-electron chi connectivity index (χ3n) is 4.16. The molecular weight excluding hydrogens is 335 g/mol. The average molecular weight is 360 g/mol. The van der Waals surface area contributed by atoms with Gasteiger partial charge in [0.25, 0.3) is 0 Å². The van der Waals surface area contributed by atoms with Gasteiger partial charge >= 0.3 is 5.97 Å². The number of halogens is 1. The summed E-state index contributed by atoms with van der Waals surface area (Å²) >= 11 is 0. The third kappa shape index (κ3) is 6.84. The Labute approximate surface area is 153 Å². The second-order valence-corrected chi connectivity index (χ2v) is 6.20. The number of hydrogen-bond donors (Lipinski definition) is 1. The largest absolute Gasteiger partial charge is 0.489 e. The summed E-state index contributed by atoms with van der Waals surface area (Å²) in [7, 11) is 1.28. The number of benzene rings is 2. The predicted molar refractivity (Wildman–Crippen MR) is 97.4 cm³/mol. The van der Waals surface area contributed by atoms with Crippen LogP contribution in [0.15, 0.2) is 48.5 Å². The average Bonchev–Trinajstić information content (AvgIpc) is 2.67. The summed E-state index contributed by atoms with van der Waals surface area (Å²) in [6.45, 7) is 0.405. The number of carbonyl (C=O) groups is 1. The van der Waals surface area contributed by atoms with Crippen molar-refractivity contribution in [3.63, 3.8) is 0 Å². The van der Waals surface area contributed by atoms with Crippen LogP contribution < -0.4 is 4.74 Å². The van der Waals surface area contributed by atoms with Crippen molar-refractivity contribution in [3.8, 4) is 5.75 Å². The van der Waals surface area contributed by atoms with Crippen LogP contribution in [0, 0.1) is 5.82 Å². The van der Waals surface area contributed by atoms with Gasteiger partial charge in [0, 0.05) is 0 Å². The molecule has 0 aliphatic carbocycles. The second kappa shape index (κ2) is 10.6. The first-order valence-corrected chi connectivity index (χ1v) is 8.80. The van der Waals surface area contributed by atoms with E-state index in [0.29, 0.717) is 13.0 Å². The molecule has 0 aliphatic heterocycles. The number of ether oxygens (including phenoxy) is 2. The lowest BCUT2D eigenvalue weighted by atomic mass is 10.0. The first-order valence-electron chi connectivity index (χ1n) is 8.80. The highest BCUT2D eigenvalue weighted by Crippen LogP contribution is 2.16. The molecule has 2 aromatic rings. The zero-order valence-electron chi connectivity index (χ0n) is 15.0. The van der Waals surface area contributed by atoms with Gasteiger partial charge in [-0.1, -0.05) is 37.1 Å². The molecule has 1 atom stereocenters. The van der Waals surface area contributed by atoms with Crippen molar-refractivity contribution in [1.82, 2.24) is 0 Å². The Kier molecular flexibility index (Phi) is 8.09. The molecule has 1 N–H and O–H groups in total. The van der Waals surface area contributed by atoms with Gasteiger partial charge < -0.3 is 14.6 Å². The van der Waals surface area contributed by atoms with E-state index >= 15 is 0 Å². The van der Waals surface area contributed by atoms with Gasteiger partial charge in [-0.15, -0.1) is 0 Å². The van der Waals surface area contributed by atoms with E-state index in [0.717, 1.165) is 37.0 Å². The van der Waals surface area contributed by atoms with Crippen LogP contribution in [0.2, 0.25) is 0 Å². The molecule has 1 unspecified atom stereocenters. The van der Waals surface area contributed by atoms with Crippen LogP contribution in [0.5, 0.6) is 5.75 Å². The monoisotopic (exact) mass is 360 g/mol. The number of rotatable bonds is 10. The number of carbonyl (C=O) groups excluding carboxylic acids is 1. The van der Waals surface area contributed by atoms with Crippen molar-refractivity contribution < 1.29 is 23.8 Å². The molecule has 0 saturated carbocycles. The normalized spacial score (nSPS) is 11.8. The highest BCUT2D eigenvalue weighted by molar-refractivity contribution is 5.74. The maximum atomic E-state index is 12.9. The molecule has 0 heterocycles. The minimum Gasteiger partial charge on any atom is -0.489 e. The number of aliphatic hydroxyl groups is 1. The Morgan fingerprint density at radius 3 is 2.31 bits per heavy atom. The lowest BCUT2D eigenvalue weighted by Gasteiger charge is -2.09. The lowest BCUT2D eigenvalue weighted by Crippen LogP contribution is -2.21. The van der Waals surface area contributed by atoms with Crippen molar-refractivity contribution in [2.24, 2.45) is 0 Å². The summed E-state index contributed by atoms with van der Waals surface area (Å²) in [6, 6.07) is 14.2. The molecule has 140 valence electrons. The predicted octanol–water partition coefficient (Wildman–Crippen LogP) is 4.04. The SMILES string of the molecule is COC(=O)C(O)CCCCCc1ccc(OCc2ccc(F)cc2)cc1. The number of hydrogen-bond acceptors (Lipinski definition) is 4. The molecule has 0 amide bonds. The molecule has 0 saturated heterocycles. The van der Waals surface area contributed by atoms with Crippen molar-refractivity contribution in [2.45, 2.75) is 44.8 Å². The molecule has 0 radical (unpaired) electrons. The second-order valence-electron chi connectivity index (χ2n) is 6.20. The highest BCUT2D eigenvalue weighted by Gasteiger charge is 2.13. The molecule has 26 heavy (non-hydrogen) atoms. The van der Waals surface area contributed by atoms with Crippen molar-refractivity contribution >= 4 is 5.97 Å². The van der Waals surface area contributed by atoms with Crippen LogP contribution in [0.4, 0.5) is 4.39 Å². The van der Waals surface area contributed by atoms with Gasteiger partial charge in [0.15, 0.2) is 6.10 Å². The van der Waals surface area contributed by atoms with Crippen molar-refractivity contribution in [2.75, 3.05) is 7.11 Å². The zero-order valence-corrected chi connectivity index (χ0v) is 15.0. The lowest BCUT2D eigenvalue weighted by molar-refractivity contribution is -0.150. The Morgan fingerprint density at radius 1 is 1.00 bits per heavy atom. The number of aliphatic hydroxyl groups excluding tert-OH is 1. The summed E-state index contributed by atoms with van der Waals surface area (Å²) in [5, 5.41) is 9.50. The van der Waals surface area contributed by atoms with Gasteiger partial charge in [-0.2, -0.15) is 0 Å².